The highest BCUT2D eigenvalue weighted by atomic mass is 32.2. The lowest BCUT2D eigenvalue weighted by Gasteiger charge is -2.04. The smallest absolute Gasteiger partial charge is 0.179 e. The van der Waals surface area contributed by atoms with Crippen LogP contribution in [0.1, 0.15) is 16.1 Å². The highest BCUT2D eigenvalue weighted by molar-refractivity contribution is 8.01. The van der Waals surface area contributed by atoms with Gasteiger partial charge in [-0.2, -0.15) is 0 Å². The Bertz CT molecular complexity index is 494. The quantitative estimate of drug-likeness (QED) is 0.911. The zero-order chi connectivity index (χ0) is 11.5. The van der Waals surface area contributed by atoms with Gasteiger partial charge in [-0.25, -0.2) is 0 Å². The molecule has 0 saturated carbocycles. The SMILES string of the molecule is Cc1nnc(Sc2ccc(CN)c(C)c2)s1. The molecule has 0 saturated heterocycles. The third-order valence-corrected chi connectivity index (χ3v) is 4.13. The molecule has 84 valence electrons. The summed E-state index contributed by atoms with van der Waals surface area (Å²) in [5.41, 5.74) is 8.05. The molecule has 1 aromatic heterocycles. The molecule has 5 heteroatoms. The first kappa shape index (κ1) is 11.6. The largest absolute Gasteiger partial charge is 0.326 e. The second-order valence-electron chi connectivity index (χ2n) is 3.48. The van der Waals surface area contributed by atoms with Gasteiger partial charge in [-0.1, -0.05) is 29.2 Å². The first-order valence-corrected chi connectivity index (χ1v) is 6.60. The Hall–Kier alpha value is -0.910. The van der Waals surface area contributed by atoms with E-state index in [0.717, 1.165) is 9.35 Å². The fraction of sp³-hybridized carbons (Fsp3) is 0.273. The van der Waals surface area contributed by atoms with Crippen molar-refractivity contribution in [3.8, 4) is 0 Å². The molecule has 16 heavy (non-hydrogen) atoms. The van der Waals surface area contributed by atoms with Crippen molar-refractivity contribution in [1.82, 2.24) is 10.2 Å². The van der Waals surface area contributed by atoms with E-state index < -0.39 is 0 Å². The first-order valence-electron chi connectivity index (χ1n) is 4.96. The van der Waals surface area contributed by atoms with E-state index in [1.165, 1.54) is 16.0 Å². The van der Waals surface area contributed by atoms with Gasteiger partial charge in [0.15, 0.2) is 4.34 Å². The van der Waals surface area contributed by atoms with E-state index in [4.69, 9.17) is 5.73 Å². The maximum absolute atomic E-state index is 5.63. The van der Waals surface area contributed by atoms with Crippen LogP contribution in [0, 0.1) is 13.8 Å². The van der Waals surface area contributed by atoms with Crippen LogP contribution in [0.25, 0.3) is 0 Å². The average molecular weight is 251 g/mol. The van der Waals surface area contributed by atoms with Gasteiger partial charge in [0.25, 0.3) is 0 Å². The van der Waals surface area contributed by atoms with Gasteiger partial charge in [0.05, 0.1) is 0 Å². The molecule has 0 bridgehead atoms. The van der Waals surface area contributed by atoms with Crippen LogP contribution in [-0.4, -0.2) is 10.2 Å². The van der Waals surface area contributed by atoms with E-state index in [9.17, 15) is 0 Å². The van der Waals surface area contributed by atoms with Gasteiger partial charge >= 0.3 is 0 Å². The predicted octanol–water partition coefficient (Wildman–Crippen LogP) is 2.76. The minimum atomic E-state index is 0.592. The van der Waals surface area contributed by atoms with Crippen LogP contribution in [0.15, 0.2) is 27.4 Å². The van der Waals surface area contributed by atoms with Gasteiger partial charge in [0.1, 0.15) is 5.01 Å². The molecule has 0 aliphatic carbocycles. The van der Waals surface area contributed by atoms with E-state index in [1.807, 2.05) is 6.92 Å². The molecular formula is C11H13N3S2. The first-order chi connectivity index (χ1) is 7.69. The van der Waals surface area contributed by atoms with Gasteiger partial charge < -0.3 is 5.73 Å². The van der Waals surface area contributed by atoms with Crippen LogP contribution in [0.4, 0.5) is 0 Å². The molecule has 0 aliphatic rings. The van der Waals surface area contributed by atoms with E-state index in [-0.39, 0.29) is 0 Å². The van der Waals surface area contributed by atoms with Crippen molar-refractivity contribution in [1.29, 1.82) is 0 Å². The van der Waals surface area contributed by atoms with Gasteiger partial charge in [-0.3, -0.25) is 0 Å². The van der Waals surface area contributed by atoms with Crippen LogP contribution in [-0.2, 0) is 6.54 Å². The van der Waals surface area contributed by atoms with Crippen molar-refractivity contribution in [2.75, 3.05) is 0 Å². The van der Waals surface area contributed by atoms with Crippen molar-refractivity contribution >= 4 is 23.1 Å². The molecule has 2 aromatic rings. The zero-order valence-electron chi connectivity index (χ0n) is 9.23. The van der Waals surface area contributed by atoms with Gasteiger partial charge in [-0.15, -0.1) is 10.2 Å². The monoisotopic (exact) mass is 251 g/mol. The fourth-order valence-corrected chi connectivity index (χ4v) is 3.27. The van der Waals surface area contributed by atoms with Crippen LogP contribution >= 0.6 is 23.1 Å². The number of aryl methyl sites for hydroxylation is 2. The van der Waals surface area contributed by atoms with Gasteiger partial charge in [0, 0.05) is 11.4 Å². The summed E-state index contributed by atoms with van der Waals surface area (Å²) in [5.74, 6) is 0. The lowest BCUT2D eigenvalue weighted by molar-refractivity contribution is 0.983. The number of rotatable bonds is 3. The summed E-state index contributed by atoms with van der Waals surface area (Å²) >= 11 is 3.26. The minimum absolute atomic E-state index is 0.592. The Morgan fingerprint density at radius 1 is 1.31 bits per heavy atom. The zero-order valence-corrected chi connectivity index (χ0v) is 10.9. The van der Waals surface area contributed by atoms with Gasteiger partial charge in [0.2, 0.25) is 0 Å². The summed E-state index contributed by atoms with van der Waals surface area (Å²) in [6.45, 7) is 4.64. The molecule has 0 fully saturated rings. The van der Waals surface area contributed by atoms with Crippen LogP contribution in [0.2, 0.25) is 0 Å². The van der Waals surface area contributed by atoms with E-state index in [2.05, 4.69) is 35.3 Å². The molecule has 0 amide bonds. The number of benzene rings is 1. The molecule has 3 nitrogen and oxygen atoms in total. The Morgan fingerprint density at radius 3 is 2.69 bits per heavy atom. The van der Waals surface area contributed by atoms with Crippen LogP contribution in [0.5, 0.6) is 0 Å². The fourth-order valence-electron chi connectivity index (χ4n) is 1.38. The average Bonchev–Trinajstić information content (AvgIpc) is 2.64. The molecule has 1 aromatic carbocycles. The molecule has 2 rings (SSSR count). The maximum atomic E-state index is 5.63. The Balaban J connectivity index is 2.19. The predicted molar refractivity (Wildman–Crippen MR) is 67.8 cm³/mol. The summed E-state index contributed by atoms with van der Waals surface area (Å²) in [4.78, 5) is 1.19. The van der Waals surface area contributed by atoms with E-state index in [0.29, 0.717) is 6.54 Å². The van der Waals surface area contributed by atoms with Crippen molar-refractivity contribution < 1.29 is 0 Å². The number of nitrogens with zero attached hydrogens (tertiary/aromatic N) is 2. The van der Waals surface area contributed by atoms with Crippen LogP contribution in [0.3, 0.4) is 0 Å². The van der Waals surface area contributed by atoms with Crippen LogP contribution < -0.4 is 5.73 Å². The van der Waals surface area contributed by atoms with E-state index >= 15 is 0 Å². The number of hydrogen-bond acceptors (Lipinski definition) is 5. The van der Waals surface area contributed by atoms with Crippen molar-refractivity contribution in [3.63, 3.8) is 0 Å². The van der Waals surface area contributed by atoms with Gasteiger partial charge in [-0.05, 0) is 37.1 Å². The minimum Gasteiger partial charge on any atom is -0.326 e. The summed E-state index contributed by atoms with van der Waals surface area (Å²) in [6.07, 6.45) is 0. The lowest BCUT2D eigenvalue weighted by Crippen LogP contribution is -1.98. The summed E-state index contributed by atoms with van der Waals surface area (Å²) in [7, 11) is 0. The Kier molecular flexibility index (Phi) is 3.58. The number of hydrogen-bond donors (Lipinski definition) is 1. The molecule has 0 unspecified atom stereocenters. The third kappa shape index (κ3) is 2.61. The molecular weight excluding hydrogens is 238 g/mol. The van der Waals surface area contributed by atoms with Crippen molar-refractivity contribution in [2.24, 2.45) is 5.73 Å². The molecule has 0 atom stereocenters. The Labute approximate surface area is 103 Å². The van der Waals surface area contributed by atoms with E-state index in [1.54, 1.807) is 23.1 Å². The van der Waals surface area contributed by atoms with Crippen molar-refractivity contribution in [2.45, 2.75) is 29.6 Å². The Morgan fingerprint density at radius 2 is 2.12 bits per heavy atom. The molecule has 0 radical (unpaired) electrons. The molecule has 0 aliphatic heterocycles. The highest BCUT2D eigenvalue weighted by Crippen LogP contribution is 2.30. The second kappa shape index (κ2) is 4.95. The summed E-state index contributed by atoms with van der Waals surface area (Å²) in [6, 6.07) is 6.30. The second-order valence-corrected chi connectivity index (χ2v) is 5.98. The number of nitrogens with two attached hydrogens (primary N) is 1. The van der Waals surface area contributed by atoms with Crippen molar-refractivity contribution in [3.05, 3.63) is 34.3 Å². The maximum Gasteiger partial charge on any atom is 0.179 e. The third-order valence-electron chi connectivity index (χ3n) is 2.25. The standard InChI is InChI=1S/C11H13N3S2/c1-7-5-10(4-3-9(7)6-12)16-11-14-13-8(2)15-11/h3-5H,6,12H2,1-2H3. The summed E-state index contributed by atoms with van der Waals surface area (Å²) in [5, 5.41) is 9.08. The molecule has 1 heterocycles. The molecule has 0 spiro atoms. The molecule has 2 N–H and O–H groups in total. The lowest BCUT2D eigenvalue weighted by atomic mass is 10.1. The summed E-state index contributed by atoms with van der Waals surface area (Å²) < 4.78 is 0.984. The highest BCUT2D eigenvalue weighted by Gasteiger charge is 2.04. The normalized spacial score (nSPS) is 10.7. The number of aromatic nitrogens is 2. The topological polar surface area (TPSA) is 51.8 Å².